The fourth-order valence-electron chi connectivity index (χ4n) is 9.85. The van der Waals surface area contributed by atoms with E-state index in [2.05, 4.69) is 46.4 Å². The van der Waals surface area contributed by atoms with Gasteiger partial charge in [-0.2, -0.15) is 0 Å². The van der Waals surface area contributed by atoms with Gasteiger partial charge in [-0.25, -0.2) is 0 Å². The van der Waals surface area contributed by atoms with Crippen molar-refractivity contribution in [3.63, 3.8) is 0 Å². The molecule has 1 aromatic rings. The standard InChI is InChI=1S/C32H42O4/c1-8-36-27(34)32-17-20(32)16-28(3)11-13-30(5)24-10-9-21-19(2)26(35-7)23(33)15-22(21)29(24,4)12-14-31(30,6)25(28)18-32/h9-10,15,20,25,33H,2,8,11-14,16-18H2,1,3-7H3. The molecule has 0 heterocycles. The van der Waals surface area contributed by atoms with Gasteiger partial charge in [0.15, 0.2) is 11.5 Å². The summed E-state index contributed by atoms with van der Waals surface area (Å²) in [6.07, 6.45) is 12.2. The molecule has 0 aliphatic heterocycles. The van der Waals surface area contributed by atoms with E-state index in [0.717, 1.165) is 42.5 Å². The third-order valence-corrected chi connectivity index (χ3v) is 12.2. The summed E-state index contributed by atoms with van der Waals surface area (Å²) in [7, 11) is 1.59. The van der Waals surface area contributed by atoms with Gasteiger partial charge in [0.2, 0.25) is 0 Å². The number of hydrogen-bond acceptors (Lipinski definition) is 4. The van der Waals surface area contributed by atoms with Crippen LogP contribution in [0.4, 0.5) is 0 Å². The van der Waals surface area contributed by atoms with Crippen LogP contribution in [0.5, 0.6) is 11.5 Å². The highest BCUT2D eigenvalue weighted by molar-refractivity contribution is 5.81. The maximum Gasteiger partial charge on any atom is 0.312 e. The molecule has 36 heavy (non-hydrogen) atoms. The van der Waals surface area contributed by atoms with Crippen molar-refractivity contribution in [2.75, 3.05) is 13.7 Å². The summed E-state index contributed by atoms with van der Waals surface area (Å²) in [4.78, 5) is 13.1. The topological polar surface area (TPSA) is 55.8 Å². The van der Waals surface area contributed by atoms with Gasteiger partial charge >= 0.3 is 5.97 Å². The first-order chi connectivity index (χ1) is 16.9. The van der Waals surface area contributed by atoms with Crippen molar-refractivity contribution in [1.29, 1.82) is 0 Å². The molecule has 194 valence electrons. The first kappa shape index (κ1) is 24.1. The molecule has 5 aliphatic carbocycles. The fraction of sp³-hybridized carbons (Fsp3) is 0.656. The maximum absolute atomic E-state index is 13.1. The normalized spacial score (nSPS) is 43.9. The second-order valence-electron chi connectivity index (χ2n) is 13.6. The van der Waals surface area contributed by atoms with Crippen molar-refractivity contribution in [3.05, 3.63) is 33.7 Å². The van der Waals surface area contributed by atoms with E-state index in [1.165, 1.54) is 24.0 Å². The second-order valence-corrected chi connectivity index (χ2v) is 13.6. The van der Waals surface area contributed by atoms with Crippen LogP contribution < -0.4 is 15.2 Å². The lowest BCUT2D eigenvalue weighted by atomic mass is 9.35. The van der Waals surface area contributed by atoms with E-state index >= 15 is 0 Å². The molecule has 5 aliphatic rings. The highest BCUT2D eigenvalue weighted by Crippen LogP contribution is 2.78. The molecule has 7 unspecified atom stereocenters. The zero-order valence-corrected chi connectivity index (χ0v) is 22.9. The Morgan fingerprint density at radius 2 is 1.83 bits per heavy atom. The van der Waals surface area contributed by atoms with Gasteiger partial charge in [0.25, 0.3) is 0 Å². The summed E-state index contributed by atoms with van der Waals surface area (Å²) in [6.45, 7) is 16.6. The van der Waals surface area contributed by atoms with Crippen LogP contribution in [0.3, 0.4) is 0 Å². The van der Waals surface area contributed by atoms with E-state index < -0.39 is 0 Å². The minimum atomic E-state index is -0.243. The number of ether oxygens (including phenoxy) is 2. The lowest BCUT2D eigenvalue weighted by molar-refractivity contribution is -0.169. The summed E-state index contributed by atoms with van der Waals surface area (Å²) in [6, 6.07) is 1.93. The van der Waals surface area contributed by atoms with Crippen molar-refractivity contribution in [3.8, 4) is 11.5 Å². The molecule has 0 bridgehead atoms. The van der Waals surface area contributed by atoms with Gasteiger partial charge in [-0.1, -0.05) is 52.0 Å². The summed E-state index contributed by atoms with van der Waals surface area (Å²) >= 11 is 0. The molecule has 0 amide bonds. The Kier molecular flexibility index (Phi) is 4.83. The van der Waals surface area contributed by atoms with Crippen LogP contribution in [0.1, 0.15) is 85.1 Å². The van der Waals surface area contributed by atoms with Crippen molar-refractivity contribution in [2.45, 2.75) is 85.0 Å². The molecule has 1 N–H and O–H groups in total. The average Bonchev–Trinajstić information content (AvgIpc) is 3.54. The first-order valence-corrected chi connectivity index (χ1v) is 13.9. The van der Waals surface area contributed by atoms with Gasteiger partial charge in [0, 0.05) is 10.6 Å². The Hall–Kier alpha value is -2.23. The number of phenols is 1. The molecular weight excluding hydrogens is 448 g/mol. The van der Waals surface area contributed by atoms with Crippen LogP contribution in [-0.2, 0) is 14.9 Å². The molecule has 0 spiro atoms. The number of methoxy groups -OCH3 is 1. The largest absolute Gasteiger partial charge is 0.504 e. The quantitative estimate of drug-likeness (QED) is 0.579. The van der Waals surface area contributed by atoms with Gasteiger partial charge in [0.05, 0.1) is 19.1 Å². The van der Waals surface area contributed by atoms with Gasteiger partial charge in [-0.3, -0.25) is 4.79 Å². The summed E-state index contributed by atoms with van der Waals surface area (Å²) in [5.74, 6) is 1.69. The number of rotatable bonds is 3. The fourth-order valence-corrected chi connectivity index (χ4v) is 9.85. The number of carbonyl (C=O) groups is 1. The Bertz CT molecular complexity index is 1310. The molecule has 4 nitrogen and oxygen atoms in total. The number of allylic oxidation sites excluding steroid dienone is 2. The van der Waals surface area contributed by atoms with Gasteiger partial charge < -0.3 is 14.6 Å². The minimum Gasteiger partial charge on any atom is -0.504 e. The van der Waals surface area contributed by atoms with Gasteiger partial charge in [-0.05, 0) is 96.8 Å². The lowest BCUT2D eigenvalue weighted by Crippen LogP contribution is -2.62. The van der Waals surface area contributed by atoms with E-state index in [-0.39, 0.29) is 38.8 Å². The SMILES string of the molecule is C=c1c(OC)c(O)cc2c1=CC=C1C2(C)CCC2(C)C3CC4(C(=O)OCC)CC4CC3(C)CCC12C. The van der Waals surface area contributed by atoms with E-state index in [4.69, 9.17) is 9.47 Å². The van der Waals surface area contributed by atoms with Crippen LogP contribution in [0, 0.1) is 33.5 Å². The van der Waals surface area contributed by atoms with Crippen LogP contribution >= 0.6 is 0 Å². The van der Waals surface area contributed by atoms with E-state index in [1.54, 1.807) is 7.11 Å². The van der Waals surface area contributed by atoms with Crippen LogP contribution in [0.25, 0.3) is 12.7 Å². The summed E-state index contributed by atoms with van der Waals surface area (Å²) in [5.41, 5.74) is 2.67. The third kappa shape index (κ3) is 2.69. The number of hydrogen-bond donors (Lipinski definition) is 1. The average molecular weight is 491 g/mol. The number of fused-ring (bicyclic) bond motifs is 8. The van der Waals surface area contributed by atoms with E-state index in [9.17, 15) is 9.90 Å². The van der Waals surface area contributed by atoms with Crippen molar-refractivity contribution < 1.29 is 19.4 Å². The molecule has 4 heteroatoms. The third-order valence-electron chi connectivity index (χ3n) is 12.2. The number of esters is 1. The first-order valence-electron chi connectivity index (χ1n) is 13.9. The minimum absolute atomic E-state index is 0.0207. The number of aromatic hydroxyl groups is 1. The molecule has 0 radical (unpaired) electrons. The summed E-state index contributed by atoms with van der Waals surface area (Å²) < 4.78 is 11.1. The van der Waals surface area contributed by atoms with E-state index in [0.29, 0.717) is 24.2 Å². The van der Waals surface area contributed by atoms with Crippen LogP contribution in [-0.4, -0.2) is 24.8 Å². The smallest absolute Gasteiger partial charge is 0.312 e. The predicted octanol–water partition coefficient (Wildman–Crippen LogP) is 5.38. The molecular formula is C32H42O4. The lowest BCUT2D eigenvalue weighted by Gasteiger charge is -2.69. The molecule has 4 fully saturated rings. The van der Waals surface area contributed by atoms with Crippen LogP contribution in [0.15, 0.2) is 17.7 Å². The van der Waals surface area contributed by atoms with Crippen LogP contribution in [0.2, 0.25) is 0 Å². The molecule has 0 aromatic heterocycles. The van der Waals surface area contributed by atoms with Crippen molar-refractivity contribution in [2.24, 2.45) is 33.5 Å². The summed E-state index contributed by atoms with van der Waals surface area (Å²) in [5, 5.41) is 12.7. The highest BCUT2D eigenvalue weighted by Gasteiger charge is 2.73. The van der Waals surface area contributed by atoms with Gasteiger partial charge in [-0.15, -0.1) is 0 Å². The Balaban J connectivity index is 1.46. The zero-order valence-electron chi connectivity index (χ0n) is 22.9. The second kappa shape index (κ2) is 7.20. The highest BCUT2D eigenvalue weighted by atomic mass is 16.5. The Morgan fingerprint density at radius 3 is 2.53 bits per heavy atom. The molecule has 1 aromatic carbocycles. The molecule has 6 rings (SSSR count). The zero-order chi connectivity index (χ0) is 25.9. The monoisotopic (exact) mass is 490 g/mol. The number of benzene rings is 1. The van der Waals surface area contributed by atoms with Gasteiger partial charge in [0.1, 0.15) is 0 Å². The Labute approximate surface area is 215 Å². The number of phenolic OH excluding ortho intramolecular Hbond substituents is 1. The van der Waals surface area contributed by atoms with E-state index in [1.807, 2.05) is 13.0 Å². The Morgan fingerprint density at radius 1 is 1.08 bits per heavy atom. The molecule has 4 saturated carbocycles. The molecule has 0 saturated heterocycles. The number of carbonyl (C=O) groups excluding carboxylic acids is 1. The maximum atomic E-state index is 13.1. The van der Waals surface area contributed by atoms with Crippen molar-refractivity contribution in [1.82, 2.24) is 0 Å². The van der Waals surface area contributed by atoms with Crippen molar-refractivity contribution >= 4 is 18.6 Å². The molecule has 7 atom stereocenters. The predicted molar refractivity (Wildman–Crippen MR) is 142 cm³/mol.